The minimum Gasteiger partial charge on any atom is -0.481 e. The number of carboxylic acids is 1. The van der Waals surface area contributed by atoms with Gasteiger partial charge in [-0.1, -0.05) is 44.0 Å². The Morgan fingerprint density at radius 2 is 1.72 bits per heavy atom. The summed E-state index contributed by atoms with van der Waals surface area (Å²) in [6.07, 6.45) is 8.13. The van der Waals surface area contributed by atoms with Crippen molar-refractivity contribution in [2.45, 2.75) is 78.2 Å². The minimum atomic E-state index is -0.656. The highest BCUT2D eigenvalue weighted by Gasteiger charge is 2.40. The highest BCUT2D eigenvalue weighted by atomic mass is 16.5. The fourth-order valence-electron chi connectivity index (χ4n) is 5.38. The van der Waals surface area contributed by atoms with E-state index in [9.17, 15) is 19.5 Å². The molecule has 6 nitrogen and oxygen atoms in total. The summed E-state index contributed by atoms with van der Waals surface area (Å²) < 4.78 is 7.15. The molecule has 1 aliphatic rings. The summed E-state index contributed by atoms with van der Waals surface area (Å²) in [4.78, 5) is 37.6. The van der Waals surface area contributed by atoms with E-state index in [1.54, 1.807) is 18.3 Å². The number of pyridine rings is 1. The molecular weight excluding hydrogens is 454 g/mol. The Morgan fingerprint density at radius 3 is 2.33 bits per heavy atom. The molecule has 190 valence electrons. The van der Waals surface area contributed by atoms with Crippen molar-refractivity contribution in [3.63, 3.8) is 0 Å². The summed E-state index contributed by atoms with van der Waals surface area (Å²) in [6.45, 7) is 5.64. The van der Waals surface area contributed by atoms with Gasteiger partial charge in [0.25, 0.3) is 0 Å². The largest absolute Gasteiger partial charge is 0.481 e. The summed E-state index contributed by atoms with van der Waals surface area (Å²) in [7, 11) is 0. The van der Waals surface area contributed by atoms with Crippen LogP contribution in [-0.4, -0.2) is 33.3 Å². The predicted molar refractivity (Wildman–Crippen MR) is 139 cm³/mol. The molecule has 1 aliphatic carbocycles. The number of benzene rings is 1. The highest BCUT2D eigenvalue weighted by Crippen LogP contribution is 2.42. The molecule has 2 aromatic heterocycles. The number of aromatic nitrogens is 1. The number of carboxylic acid groups (broad SMARTS) is 1. The van der Waals surface area contributed by atoms with E-state index in [1.807, 2.05) is 55.5 Å². The number of hydrogen-bond donors (Lipinski definition) is 1. The van der Waals surface area contributed by atoms with Gasteiger partial charge in [-0.2, -0.15) is 0 Å². The number of nitrogens with zero attached hydrogens (tertiary/aromatic N) is 1. The van der Waals surface area contributed by atoms with E-state index in [2.05, 4.69) is 0 Å². The molecule has 36 heavy (non-hydrogen) atoms. The zero-order valence-corrected chi connectivity index (χ0v) is 21.4. The maximum absolute atomic E-state index is 13.5. The van der Waals surface area contributed by atoms with Crippen molar-refractivity contribution in [1.29, 1.82) is 0 Å². The van der Waals surface area contributed by atoms with E-state index in [4.69, 9.17) is 4.74 Å². The zero-order valence-electron chi connectivity index (χ0n) is 21.4. The van der Waals surface area contributed by atoms with Gasteiger partial charge in [0.1, 0.15) is 0 Å². The van der Waals surface area contributed by atoms with E-state index in [1.165, 1.54) is 0 Å². The van der Waals surface area contributed by atoms with Crippen molar-refractivity contribution in [3.05, 3.63) is 76.6 Å². The molecule has 0 bridgehead atoms. The average molecular weight is 490 g/mol. The molecule has 0 radical (unpaired) electrons. The van der Waals surface area contributed by atoms with Gasteiger partial charge in [0, 0.05) is 17.3 Å². The quantitative estimate of drug-likeness (QED) is 0.268. The lowest BCUT2D eigenvalue weighted by atomic mass is 9.81. The number of ketones is 1. The summed E-state index contributed by atoms with van der Waals surface area (Å²) >= 11 is 0. The highest BCUT2D eigenvalue weighted by molar-refractivity contribution is 6.09. The molecule has 0 atom stereocenters. The zero-order chi connectivity index (χ0) is 25.9. The van der Waals surface area contributed by atoms with Gasteiger partial charge in [0.15, 0.2) is 0 Å². The summed E-state index contributed by atoms with van der Waals surface area (Å²) in [5, 5.41) is 9.68. The van der Waals surface area contributed by atoms with E-state index in [-0.39, 0.29) is 17.9 Å². The molecule has 0 amide bonds. The van der Waals surface area contributed by atoms with Gasteiger partial charge in [0.2, 0.25) is 5.78 Å². The second kappa shape index (κ2) is 10.7. The smallest absolute Gasteiger partial charge is 0.338 e. The van der Waals surface area contributed by atoms with Crippen LogP contribution in [-0.2, 0) is 22.4 Å². The second-order valence-electron chi connectivity index (χ2n) is 10.2. The first kappa shape index (κ1) is 25.7. The Balaban J connectivity index is 1.49. The van der Waals surface area contributed by atoms with Crippen molar-refractivity contribution in [1.82, 2.24) is 4.40 Å². The number of hydrogen-bond acceptors (Lipinski definition) is 4. The van der Waals surface area contributed by atoms with Crippen LogP contribution in [0, 0.1) is 5.41 Å². The van der Waals surface area contributed by atoms with Crippen LogP contribution in [0.2, 0.25) is 0 Å². The average Bonchev–Trinajstić information content (AvgIpc) is 3.48. The number of aryl methyl sites for hydroxylation is 2. The lowest BCUT2D eigenvalue weighted by Crippen LogP contribution is -2.27. The molecule has 0 unspecified atom stereocenters. The maximum atomic E-state index is 13.5. The molecule has 0 saturated heterocycles. The molecule has 0 spiro atoms. The standard InChI is InChI=1S/C30H35NO5/c1-4-22-18-25-19-24(28(33)36-20(2)3)13-17-31(25)26(22)27(32)23-11-9-21(10-12-23)8-7-16-30(29(34)35)14-5-6-15-30/h9-13,17-20H,4-8,14-16H2,1-3H3,(H,34,35). The van der Waals surface area contributed by atoms with Gasteiger partial charge >= 0.3 is 11.9 Å². The van der Waals surface area contributed by atoms with Gasteiger partial charge in [-0.25, -0.2) is 4.79 Å². The van der Waals surface area contributed by atoms with Crippen molar-refractivity contribution in [3.8, 4) is 0 Å². The van der Waals surface area contributed by atoms with Gasteiger partial charge in [-0.05, 0) is 81.7 Å². The Kier molecular flexibility index (Phi) is 7.62. The number of aliphatic carboxylic acids is 1. The first-order chi connectivity index (χ1) is 17.2. The Labute approximate surface area is 212 Å². The molecule has 1 saturated carbocycles. The minimum absolute atomic E-state index is 0.0632. The van der Waals surface area contributed by atoms with Crippen molar-refractivity contribution in [2.24, 2.45) is 5.41 Å². The molecule has 6 heteroatoms. The fraction of sp³-hybridized carbons (Fsp3) is 0.433. The van der Waals surface area contributed by atoms with Crippen LogP contribution < -0.4 is 0 Å². The molecule has 2 heterocycles. The van der Waals surface area contributed by atoms with E-state index >= 15 is 0 Å². The lowest BCUT2D eigenvalue weighted by Gasteiger charge is -2.23. The molecule has 0 aliphatic heterocycles. The normalized spacial score (nSPS) is 14.9. The third-order valence-electron chi connectivity index (χ3n) is 7.38. The molecule has 3 aromatic rings. The Bertz CT molecular complexity index is 1260. The number of carbonyl (C=O) groups excluding carboxylic acids is 2. The summed E-state index contributed by atoms with van der Waals surface area (Å²) in [5.74, 6) is -1.10. The van der Waals surface area contributed by atoms with Gasteiger partial charge < -0.3 is 14.2 Å². The topological polar surface area (TPSA) is 85.1 Å². The van der Waals surface area contributed by atoms with Crippen LogP contribution in [0.25, 0.3) is 5.52 Å². The number of carbonyl (C=O) groups is 3. The van der Waals surface area contributed by atoms with E-state index < -0.39 is 11.4 Å². The molecule has 1 N–H and O–H groups in total. The van der Waals surface area contributed by atoms with Crippen molar-refractivity contribution < 1.29 is 24.2 Å². The lowest BCUT2D eigenvalue weighted by molar-refractivity contribution is -0.149. The van der Waals surface area contributed by atoms with Crippen molar-refractivity contribution >= 4 is 23.2 Å². The van der Waals surface area contributed by atoms with Gasteiger partial charge in [-0.3, -0.25) is 9.59 Å². The van der Waals surface area contributed by atoms with Gasteiger partial charge in [-0.15, -0.1) is 0 Å². The number of ether oxygens (including phenoxy) is 1. The third kappa shape index (κ3) is 5.23. The van der Waals surface area contributed by atoms with Crippen molar-refractivity contribution in [2.75, 3.05) is 0 Å². The van der Waals surface area contributed by atoms with Crippen LogP contribution >= 0.6 is 0 Å². The van der Waals surface area contributed by atoms with Crippen LogP contribution in [0.1, 0.15) is 96.8 Å². The summed E-state index contributed by atoms with van der Waals surface area (Å²) in [6, 6.07) is 13.0. The van der Waals surface area contributed by atoms with Gasteiger partial charge in [0.05, 0.1) is 22.8 Å². The number of rotatable bonds is 10. The number of esters is 1. The second-order valence-corrected chi connectivity index (χ2v) is 10.2. The predicted octanol–water partition coefficient (Wildman–Crippen LogP) is 6.27. The summed E-state index contributed by atoms with van der Waals surface area (Å²) in [5.41, 5.74) is 3.94. The van der Waals surface area contributed by atoms with E-state index in [0.717, 1.165) is 55.2 Å². The van der Waals surface area contributed by atoms with Crippen LogP contribution in [0.15, 0.2) is 48.7 Å². The number of fused-ring (bicyclic) bond motifs is 1. The van der Waals surface area contributed by atoms with Crippen LogP contribution in [0.5, 0.6) is 0 Å². The third-order valence-corrected chi connectivity index (χ3v) is 7.38. The Morgan fingerprint density at radius 1 is 1.03 bits per heavy atom. The van der Waals surface area contributed by atoms with Crippen LogP contribution in [0.4, 0.5) is 0 Å². The first-order valence-corrected chi connectivity index (χ1v) is 13.0. The molecule has 4 rings (SSSR count). The molecule has 1 aromatic carbocycles. The molecule has 1 fully saturated rings. The SMILES string of the molecule is CCc1cc2cc(C(=O)OC(C)C)ccn2c1C(=O)c1ccc(CCCC2(C(=O)O)CCCC2)cc1. The monoisotopic (exact) mass is 489 g/mol. The Hall–Kier alpha value is -3.41. The van der Waals surface area contributed by atoms with E-state index in [0.29, 0.717) is 29.7 Å². The fourth-order valence-corrected chi connectivity index (χ4v) is 5.38. The maximum Gasteiger partial charge on any atom is 0.338 e. The van der Waals surface area contributed by atoms with Crippen LogP contribution in [0.3, 0.4) is 0 Å². The first-order valence-electron chi connectivity index (χ1n) is 13.0. The molecular formula is C30H35NO5.